The fraction of sp³-hybridized carbons (Fsp3) is 0.455. The molecule has 29 heavy (non-hydrogen) atoms. The molecule has 0 amide bonds. The first-order valence-electron chi connectivity index (χ1n) is 10.3. The summed E-state index contributed by atoms with van der Waals surface area (Å²) < 4.78 is 32.7. The Morgan fingerprint density at radius 1 is 0.897 bits per heavy atom. The van der Waals surface area contributed by atoms with E-state index in [1.165, 1.54) is 0 Å². The normalized spacial score (nSPS) is 17.4. The molecule has 0 aromatic heterocycles. The summed E-state index contributed by atoms with van der Waals surface area (Å²) in [5.74, 6) is 1.10. The molecule has 0 radical (unpaired) electrons. The molecule has 0 bridgehead atoms. The van der Waals surface area contributed by atoms with Crippen molar-refractivity contribution in [2.24, 2.45) is 0 Å². The molecule has 0 spiro atoms. The van der Waals surface area contributed by atoms with Gasteiger partial charge in [0.1, 0.15) is 5.75 Å². The monoisotopic (exact) mass is 415 g/mol. The van der Waals surface area contributed by atoms with Crippen molar-refractivity contribution in [3.8, 4) is 5.75 Å². The topological polar surface area (TPSA) is 53.1 Å². The molecule has 0 aliphatic carbocycles. The first kappa shape index (κ1) is 20.0. The van der Waals surface area contributed by atoms with E-state index in [2.05, 4.69) is 15.9 Å². The number of hydrogen-bond donors (Lipinski definition) is 0. The molecule has 156 valence electrons. The van der Waals surface area contributed by atoms with Crippen LogP contribution in [0.3, 0.4) is 0 Å². The maximum Gasteiger partial charge on any atom is 0.235 e. The third-order valence-electron chi connectivity index (χ3n) is 5.86. The minimum absolute atomic E-state index is 0.202. The molecule has 2 aromatic rings. The number of benzene rings is 2. The van der Waals surface area contributed by atoms with Crippen molar-refractivity contribution < 1.29 is 13.2 Å². The van der Waals surface area contributed by atoms with Crippen LogP contribution >= 0.6 is 0 Å². The average Bonchev–Trinajstić information content (AvgIpc) is 3.19. The number of ether oxygens (including phenoxy) is 1. The Morgan fingerprint density at radius 3 is 2.34 bits per heavy atom. The van der Waals surface area contributed by atoms with E-state index in [1.807, 2.05) is 42.5 Å². The van der Waals surface area contributed by atoms with E-state index in [1.54, 1.807) is 11.4 Å². The summed E-state index contributed by atoms with van der Waals surface area (Å²) in [5, 5.41) is 0. The van der Waals surface area contributed by atoms with Gasteiger partial charge in [0.25, 0.3) is 0 Å². The molecule has 2 aliphatic heterocycles. The number of rotatable bonds is 7. The van der Waals surface area contributed by atoms with Crippen LogP contribution in [-0.2, 0) is 16.4 Å². The van der Waals surface area contributed by atoms with Crippen LogP contribution in [0.2, 0.25) is 0 Å². The predicted octanol–water partition coefficient (Wildman–Crippen LogP) is 2.60. The molecule has 0 unspecified atom stereocenters. The van der Waals surface area contributed by atoms with Gasteiger partial charge >= 0.3 is 0 Å². The highest BCUT2D eigenvalue weighted by atomic mass is 32.2. The van der Waals surface area contributed by atoms with Gasteiger partial charge in [-0.1, -0.05) is 30.3 Å². The second-order valence-corrected chi connectivity index (χ2v) is 9.63. The van der Waals surface area contributed by atoms with Crippen molar-refractivity contribution in [1.29, 1.82) is 0 Å². The third-order valence-corrected chi connectivity index (χ3v) is 7.71. The molecule has 2 aromatic carbocycles. The number of sulfonamides is 1. The standard InChI is InChI=1S/C22H29N3O3S/c1-28-22-10-5-4-9-21(22)24-16-14-23(15-17-24)12-6-18-29(26,27)25-13-11-19-7-2-3-8-20(19)25/h2-5,7-10H,6,11-18H2,1H3. The average molecular weight is 416 g/mol. The summed E-state index contributed by atoms with van der Waals surface area (Å²) in [6, 6.07) is 15.9. The van der Waals surface area contributed by atoms with Crippen LogP contribution in [0.1, 0.15) is 12.0 Å². The van der Waals surface area contributed by atoms with Crippen molar-refractivity contribution in [3.63, 3.8) is 0 Å². The SMILES string of the molecule is COc1ccccc1N1CCN(CCCS(=O)(=O)N2CCc3ccccc32)CC1. The van der Waals surface area contributed by atoms with E-state index in [-0.39, 0.29) is 5.75 Å². The predicted molar refractivity (Wildman–Crippen MR) is 118 cm³/mol. The molecular formula is C22H29N3O3S. The quantitative estimate of drug-likeness (QED) is 0.696. The van der Waals surface area contributed by atoms with Crippen molar-refractivity contribution >= 4 is 21.4 Å². The minimum Gasteiger partial charge on any atom is -0.495 e. The summed E-state index contributed by atoms with van der Waals surface area (Å²) in [6.45, 7) is 5.10. The smallest absolute Gasteiger partial charge is 0.235 e. The highest BCUT2D eigenvalue weighted by molar-refractivity contribution is 7.92. The van der Waals surface area contributed by atoms with Crippen LogP contribution in [-0.4, -0.2) is 65.4 Å². The molecule has 1 fully saturated rings. The van der Waals surface area contributed by atoms with E-state index >= 15 is 0 Å². The van der Waals surface area contributed by atoms with Crippen LogP contribution < -0.4 is 13.9 Å². The molecule has 0 atom stereocenters. The lowest BCUT2D eigenvalue weighted by molar-refractivity contribution is 0.258. The Balaban J connectivity index is 1.27. The van der Waals surface area contributed by atoms with Gasteiger partial charge in [-0.15, -0.1) is 0 Å². The molecule has 2 aliphatic rings. The van der Waals surface area contributed by atoms with Gasteiger partial charge in [0.2, 0.25) is 10.0 Å². The zero-order valence-electron chi connectivity index (χ0n) is 17.0. The number of piperazine rings is 1. The lowest BCUT2D eigenvalue weighted by atomic mass is 10.2. The van der Waals surface area contributed by atoms with Gasteiger partial charge in [-0.3, -0.25) is 9.21 Å². The fourth-order valence-corrected chi connectivity index (χ4v) is 5.84. The van der Waals surface area contributed by atoms with E-state index in [0.717, 1.165) is 61.8 Å². The van der Waals surface area contributed by atoms with E-state index < -0.39 is 10.0 Å². The maximum atomic E-state index is 12.8. The van der Waals surface area contributed by atoms with Gasteiger partial charge < -0.3 is 9.64 Å². The molecule has 0 saturated carbocycles. The Morgan fingerprint density at radius 2 is 1.59 bits per heavy atom. The maximum absolute atomic E-state index is 12.8. The molecule has 2 heterocycles. The van der Waals surface area contributed by atoms with Gasteiger partial charge in [-0.25, -0.2) is 8.42 Å². The largest absolute Gasteiger partial charge is 0.495 e. The van der Waals surface area contributed by atoms with Crippen LogP contribution in [0.5, 0.6) is 5.75 Å². The Bertz CT molecular complexity index is 940. The van der Waals surface area contributed by atoms with E-state index in [9.17, 15) is 8.42 Å². The number of para-hydroxylation sites is 3. The van der Waals surface area contributed by atoms with Crippen LogP contribution in [0.25, 0.3) is 0 Å². The zero-order chi connectivity index (χ0) is 20.3. The molecule has 7 heteroatoms. The summed E-state index contributed by atoms with van der Waals surface area (Å²) in [6.07, 6.45) is 1.47. The first-order chi connectivity index (χ1) is 14.1. The summed E-state index contributed by atoms with van der Waals surface area (Å²) >= 11 is 0. The highest BCUT2D eigenvalue weighted by Gasteiger charge is 2.29. The molecule has 0 N–H and O–H groups in total. The fourth-order valence-electron chi connectivity index (χ4n) is 4.28. The molecule has 4 rings (SSSR count). The van der Waals surface area contributed by atoms with Crippen LogP contribution in [0.4, 0.5) is 11.4 Å². The van der Waals surface area contributed by atoms with Crippen LogP contribution in [0.15, 0.2) is 48.5 Å². The number of nitrogens with zero attached hydrogens (tertiary/aromatic N) is 3. The second-order valence-electron chi connectivity index (χ2n) is 7.62. The van der Waals surface area contributed by atoms with Gasteiger partial charge in [-0.2, -0.15) is 0 Å². The number of methoxy groups -OCH3 is 1. The summed E-state index contributed by atoms with van der Waals surface area (Å²) in [7, 11) is -1.55. The van der Waals surface area contributed by atoms with Crippen molar-refractivity contribution in [1.82, 2.24) is 4.90 Å². The molecular weight excluding hydrogens is 386 g/mol. The molecule has 1 saturated heterocycles. The van der Waals surface area contributed by atoms with Gasteiger partial charge in [0.15, 0.2) is 0 Å². The van der Waals surface area contributed by atoms with Crippen molar-refractivity contribution in [2.45, 2.75) is 12.8 Å². The lowest BCUT2D eigenvalue weighted by Crippen LogP contribution is -2.47. The van der Waals surface area contributed by atoms with Gasteiger partial charge in [0.05, 0.1) is 24.2 Å². The van der Waals surface area contributed by atoms with E-state index in [4.69, 9.17) is 4.74 Å². The highest BCUT2D eigenvalue weighted by Crippen LogP contribution is 2.30. The zero-order valence-corrected chi connectivity index (χ0v) is 17.8. The number of anilines is 2. The Kier molecular flexibility index (Phi) is 5.96. The van der Waals surface area contributed by atoms with Crippen molar-refractivity contribution in [3.05, 3.63) is 54.1 Å². The lowest BCUT2D eigenvalue weighted by Gasteiger charge is -2.36. The number of fused-ring (bicyclic) bond motifs is 1. The van der Waals surface area contributed by atoms with Crippen LogP contribution in [0, 0.1) is 0 Å². The Labute approximate surface area is 173 Å². The van der Waals surface area contributed by atoms with Gasteiger partial charge in [-0.05, 0) is 43.1 Å². The summed E-state index contributed by atoms with van der Waals surface area (Å²) in [4.78, 5) is 4.70. The number of hydrogen-bond acceptors (Lipinski definition) is 5. The summed E-state index contributed by atoms with van der Waals surface area (Å²) in [5.41, 5.74) is 3.12. The Hall–Kier alpha value is -2.25. The van der Waals surface area contributed by atoms with Gasteiger partial charge in [0, 0.05) is 32.7 Å². The van der Waals surface area contributed by atoms with E-state index in [0.29, 0.717) is 13.0 Å². The van der Waals surface area contributed by atoms with Crippen molar-refractivity contribution in [2.75, 3.05) is 61.3 Å². The third kappa shape index (κ3) is 4.36. The second kappa shape index (κ2) is 8.63. The molecule has 6 nitrogen and oxygen atoms in total. The minimum atomic E-state index is -3.26. The first-order valence-corrected chi connectivity index (χ1v) is 11.9.